The second-order valence-corrected chi connectivity index (χ2v) is 8.35. The zero-order valence-corrected chi connectivity index (χ0v) is 19.1. The lowest BCUT2D eigenvalue weighted by molar-refractivity contribution is -0.113. The molecule has 0 aliphatic rings. The Balaban J connectivity index is 1.57. The number of anilines is 1. The Hall–Kier alpha value is -2.65. The van der Waals surface area contributed by atoms with E-state index in [0.717, 1.165) is 15.7 Å². The number of nitrogens with one attached hydrogen (secondary N) is 2. The molecule has 1 heterocycles. The Morgan fingerprint density at radius 2 is 1.90 bits per heavy atom. The van der Waals surface area contributed by atoms with E-state index in [2.05, 4.69) is 36.8 Å². The van der Waals surface area contributed by atoms with Gasteiger partial charge in [0.05, 0.1) is 12.3 Å². The number of aryl methyl sites for hydroxylation is 1. The molecule has 156 valence electrons. The van der Waals surface area contributed by atoms with Gasteiger partial charge in [-0.3, -0.25) is 9.59 Å². The number of halogens is 1. The second-order valence-electron chi connectivity index (χ2n) is 6.49. The molecule has 1 aromatic heterocycles. The highest BCUT2D eigenvalue weighted by atomic mass is 79.9. The van der Waals surface area contributed by atoms with Crippen LogP contribution in [0.3, 0.4) is 0 Å². The molecule has 0 saturated carbocycles. The minimum Gasteiger partial charge on any atom is -0.345 e. The van der Waals surface area contributed by atoms with Crippen LogP contribution in [0.15, 0.2) is 58.2 Å². The summed E-state index contributed by atoms with van der Waals surface area (Å²) in [6.45, 7) is 4.82. The third-order valence-electron chi connectivity index (χ3n) is 4.35. The normalized spacial score (nSPS) is 10.6. The molecule has 9 heteroatoms. The first-order chi connectivity index (χ1) is 14.5. The number of nitrogens with zero attached hydrogens (tertiary/aromatic N) is 3. The van der Waals surface area contributed by atoms with E-state index in [4.69, 9.17) is 0 Å². The van der Waals surface area contributed by atoms with Gasteiger partial charge in [-0.1, -0.05) is 45.9 Å². The van der Waals surface area contributed by atoms with Crippen molar-refractivity contribution in [2.24, 2.45) is 0 Å². The van der Waals surface area contributed by atoms with Crippen LogP contribution in [-0.2, 0) is 17.9 Å². The van der Waals surface area contributed by atoms with Crippen LogP contribution < -0.4 is 10.6 Å². The molecule has 2 amide bonds. The van der Waals surface area contributed by atoms with E-state index < -0.39 is 0 Å². The van der Waals surface area contributed by atoms with Crippen LogP contribution in [-0.4, -0.2) is 32.3 Å². The number of rotatable bonds is 8. The lowest BCUT2D eigenvalue weighted by atomic mass is 10.2. The van der Waals surface area contributed by atoms with Gasteiger partial charge in [0.25, 0.3) is 5.91 Å². The van der Waals surface area contributed by atoms with Crippen molar-refractivity contribution in [3.05, 3.63) is 70.0 Å². The Morgan fingerprint density at radius 1 is 1.13 bits per heavy atom. The molecule has 0 unspecified atom stereocenters. The molecule has 0 bridgehead atoms. The summed E-state index contributed by atoms with van der Waals surface area (Å²) in [7, 11) is 0. The van der Waals surface area contributed by atoms with Gasteiger partial charge in [-0.05, 0) is 49.7 Å². The minimum atomic E-state index is -0.167. The summed E-state index contributed by atoms with van der Waals surface area (Å²) in [6, 6.07) is 14.7. The van der Waals surface area contributed by atoms with E-state index in [0.29, 0.717) is 23.1 Å². The Labute approximate surface area is 187 Å². The van der Waals surface area contributed by atoms with Crippen molar-refractivity contribution >= 4 is 45.2 Å². The largest absolute Gasteiger partial charge is 0.345 e. The number of hydrogen-bond donors (Lipinski definition) is 2. The summed E-state index contributed by atoms with van der Waals surface area (Å²) in [6.07, 6.45) is 0. The highest BCUT2D eigenvalue weighted by Crippen LogP contribution is 2.21. The third-order valence-corrected chi connectivity index (χ3v) is 5.81. The first kappa shape index (κ1) is 22.0. The minimum absolute atomic E-state index is 0.116. The fourth-order valence-electron chi connectivity index (χ4n) is 2.81. The topological polar surface area (TPSA) is 88.9 Å². The van der Waals surface area contributed by atoms with E-state index in [1.165, 1.54) is 11.8 Å². The van der Waals surface area contributed by atoms with Gasteiger partial charge in [0.15, 0.2) is 11.0 Å². The van der Waals surface area contributed by atoms with Gasteiger partial charge < -0.3 is 15.2 Å². The first-order valence-corrected chi connectivity index (χ1v) is 11.2. The number of thioether (sulfide) groups is 1. The Morgan fingerprint density at radius 3 is 2.60 bits per heavy atom. The van der Waals surface area contributed by atoms with Gasteiger partial charge >= 0.3 is 0 Å². The molecule has 0 fully saturated rings. The maximum atomic E-state index is 12.3. The van der Waals surface area contributed by atoms with Crippen molar-refractivity contribution in [3.63, 3.8) is 0 Å². The summed E-state index contributed by atoms with van der Waals surface area (Å²) in [4.78, 5) is 24.6. The maximum Gasteiger partial charge on any atom is 0.251 e. The molecular formula is C21H22BrN5O2S. The summed E-state index contributed by atoms with van der Waals surface area (Å²) < 4.78 is 2.86. The molecular weight excluding hydrogens is 466 g/mol. The van der Waals surface area contributed by atoms with Crippen LogP contribution in [0.1, 0.15) is 28.7 Å². The van der Waals surface area contributed by atoms with E-state index in [1.807, 2.05) is 54.8 Å². The monoisotopic (exact) mass is 487 g/mol. The van der Waals surface area contributed by atoms with Crippen LogP contribution in [0.2, 0.25) is 0 Å². The van der Waals surface area contributed by atoms with Crippen LogP contribution in [0.4, 0.5) is 5.69 Å². The highest BCUT2D eigenvalue weighted by molar-refractivity contribution is 9.10. The van der Waals surface area contributed by atoms with Crippen LogP contribution in [0.25, 0.3) is 0 Å². The Bertz CT molecular complexity index is 1040. The van der Waals surface area contributed by atoms with Gasteiger partial charge in [-0.2, -0.15) is 0 Å². The van der Waals surface area contributed by atoms with Crippen LogP contribution >= 0.6 is 27.7 Å². The maximum absolute atomic E-state index is 12.3. The molecule has 3 aromatic rings. The smallest absolute Gasteiger partial charge is 0.251 e. The SMILES string of the molecule is CCn1c(CNC(=O)c2ccccc2)nnc1SCC(=O)Nc1ccc(Br)cc1C. The van der Waals surface area contributed by atoms with Crippen molar-refractivity contribution in [2.75, 3.05) is 11.1 Å². The van der Waals surface area contributed by atoms with E-state index >= 15 is 0 Å². The van der Waals surface area contributed by atoms with Crippen molar-refractivity contribution in [1.29, 1.82) is 0 Å². The molecule has 0 saturated heterocycles. The average molecular weight is 488 g/mol. The van der Waals surface area contributed by atoms with Crippen molar-refractivity contribution in [3.8, 4) is 0 Å². The van der Waals surface area contributed by atoms with Crippen molar-refractivity contribution in [2.45, 2.75) is 32.1 Å². The number of carbonyl (C=O) groups is 2. The first-order valence-electron chi connectivity index (χ1n) is 9.42. The summed E-state index contributed by atoms with van der Waals surface area (Å²) >= 11 is 4.73. The summed E-state index contributed by atoms with van der Waals surface area (Å²) in [5, 5.41) is 14.8. The second kappa shape index (κ2) is 10.4. The molecule has 0 radical (unpaired) electrons. The molecule has 7 nitrogen and oxygen atoms in total. The summed E-state index contributed by atoms with van der Waals surface area (Å²) in [5.41, 5.74) is 2.36. The van der Waals surface area contributed by atoms with Gasteiger partial charge in [0.2, 0.25) is 5.91 Å². The molecule has 3 rings (SSSR count). The Kier molecular flexibility index (Phi) is 7.64. The van der Waals surface area contributed by atoms with Crippen LogP contribution in [0, 0.1) is 6.92 Å². The molecule has 30 heavy (non-hydrogen) atoms. The fraction of sp³-hybridized carbons (Fsp3) is 0.238. The highest BCUT2D eigenvalue weighted by Gasteiger charge is 2.15. The van der Waals surface area contributed by atoms with Crippen molar-refractivity contribution < 1.29 is 9.59 Å². The zero-order chi connectivity index (χ0) is 21.5. The van der Waals surface area contributed by atoms with Gasteiger partial charge in [0, 0.05) is 22.3 Å². The number of benzene rings is 2. The van der Waals surface area contributed by atoms with E-state index in [1.54, 1.807) is 12.1 Å². The molecule has 0 spiro atoms. The molecule has 2 N–H and O–H groups in total. The fourth-order valence-corrected chi connectivity index (χ4v) is 4.11. The molecule has 0 atom stereocenters. The van der Waals surface area contributed by atoms with E-state index in [9.17, 15) is 9.59 Å². The number of aromatic nitrogens is 3. The predicted octanol–water partition coefficient (Wildman–Crippen LogP) is 4.03. The lowest BCUT2D eigenvalue weighted by Crippen LogP contribution is -2.24. The lowest BCUT2D eigenvalue weighted by Gasteiger charge is -2.10. The average Bonchev–Trinajstić information content (AvgIpc) is 3.15. The van der Waals surface area contributed by atoms with Crippen LogP contribution in [0.5, 0.6) is 0 Å². The van der Waals surface area contributed by atoms with Gasteiger partial charge in [0.1, 0.15) is 0 Å². The van der Waals surface area contributed by atoms with Gasteiger partial charge in [-0.15, -0.1) is 10.2 Å². The van der Waals surface area contributed by atoms with Gasteiger partial charge in [-0.25, -0.2) is 0 Å². The number of carbonyl (C=O) groups excluding carboxylic acids is 2. The van der Waals surface area contributed by atoms with Crippen molar-refractivity contribution in [1.82, 2.24) is 20.1 Å². The predicted molar refractivity (Wildman–Crippen MR) is 122 cm³/mol. The molecule has 0 aliphatic carbocycles. The molecule has 0 aliphatic heterocycles. The third kappa shape index (κ3) is 5.70. The molecule has 2 aromatic carbocycles. The standard InChI is InChI=1S/C21H22BrN5O2S/c1-3-27-18(12-23-20(29)15-7-5-4-6-8-15)25-26-21(27)30-13-19(28)24-17-10-9-16(22)11-14(17)2/h4-11H,3,12-13H2,1-2H3,(H,23,29)(H,24,28). The quantitative estimate of drug-likeness (QED) is 0.468. The zero-order valence-electron chi connectivity index (χ0n) is 16.7. The number of hydrogen-bond acceptors (Lipinski definition) is 5. The number of amides is 2. The van der Waals surface area contributed by atoms with E-state index in [-0.39, 0.29) is 24.1 Å². The summed E-state index contributed by atoms with van der Waals surface area (Å²) in [5.74, 6) is 0.576.